The quantitative estimate of drug-likeness (QED) is 0.311. The standard InChI is InChI=1S/C34H38N4O8/c1-37(2)27-22-16-19-15-21-20(17-6-5-7-18(14-17)33(45)36-10-13-38-11-3-4-12-38)8-9-23(39)25(21)28(40)24(19)30(42)34(22,46)31(43)26(29(27)41)32(35)44/h5-9,14,19,22,24,26-27,39,46H,3-4,10-13,15-16H2,1-2H3,(H2,35,44)(H,36,45)/t19-,22-,24?,26?,27-,34-/m0/s1. The Hall–Kier alpha value is -4.26. The SMILES string of the molecule is CN(C)[C@@H]1C(=O)C(C(N)=O)C(=O)[C@@]2(O)C(=O)C3C(=O)c4c(O)ccc(-c5cccc(C(=O)NCCN6CCCC6)c5)c4C[C@H]3C[C@@H]12. The predicted molar refractivity (Wildman–Crippen MR) is 165 cm³/mol. The zero-order valence-corrected chi connectivity index (χ0v) is 25.8. The number of nitrogens with two attached hydrogens (primary N) is 1. The smallest absolute Gasteiger partial charge is 0.251 e. The second-order valence-corrected chi connectivity index (χ2v) is 13.2. The molecule has 0 aromatic heterocycles. The Kier molecular flexibility index (Phi) is 8.16. The van der Waals surface area contributed by atoms with Crippen molar-refractivity contribution in [2.45, 2.75) is 37.3 Å². The Bertz CT molecular complexity index is 1660. The molecule has 1 heterocycles. The maximum atomic E-state index is 14.0. The Morgan fingerprint density at radius 1 is 1.07 bits per heavy atom. The third-order valence-electron chi connectivity index (χ3n) is 10.3. The van der Waals surface area contributed by atoms with E-state index in [1.807, 2.05) is 0 Å². The number of carbonyl (C=O) groups excluding carboxylic acids is 6. The first-order valence-electron chi connectivity index (χ1n) is 15.7. The summed E-state index contributed by atoms with van der Waals surface area (Å²) in [5.74, 6) is -11.2. The first kappa shape index (κ1) is 31.7. The molecule has 0 spiro atoms. The molecule has 2 aromatic carbocycles. The normalized spacial score (nSPS) is 29.3. The molecule has 1 saturated heterocycles. The molecule has 1 aliphatic heterocycles. The van der Waals surface area contributed by atoms with E-state index < -0.39 is 64.4 Å². The van der Waals surface area contributed by atoms with Gasteiger partial charge in [0.15, 0.2) is 34.7 Å². The third kappa shape index (κ3) is 4.95. The highest BCUT2D eigenvalue weighted by molar-refractivity contribution is 6.32. The van der Waals surface area contributed by atoms with Crippen molar-refractivity contribution in [3.63, 3.8) is 0 Å². The summed E-state index contributed by atoms with van der Waals surface area (Å²) in [6.07, 6.45) is 2.41. The van der Waals surface area contributed by atoms with Crippen LogP contribution >= 0.6 is 0 Å². The molecule has 2 unspecified atom stereocenters. The molecule has 46 heavy (non-hydrogen) atoms. The summed E-state index contributed by atoms with van der Waals surface area (Å²) in [7, 11) is 3.08. The topological polar surface area (TPSA) is 187 Å². The van der Waals surface area contributed by atoms with Gasteiger partial charge in [-0.25, -0.2) is 0 Å². The number of fused-ring (bicyclic) bond motifs is 3. The molecule has 3 fully saturated rings. The molecule has 3 aliphatic carbocycles. The van der Waals surface area contributed by atoms with Gasteiger partial charge in [-0.05, 0) is 93.7 Å². The van der Waals surface area contributed by atoms with Gasteiger partial charge < -0.3 is 26.2 Å². The van der Waals surface area contributed by atoms with E-state index in [0.717, 1.165) is 32.5 Å². The highest BCUT2D eigenvalue weighted by Crippen LogP contribution is 2.51. The molecule has 2 aromatic rings. The maximum absolute atomic E-state index is 14.0. The van der Waals surface area contributed by atoms with E-state index in [4.69, 9.17) is 5.73 Å². The number of likely N-dealkylation sites (N-methyl/N-ethyl adjacent to an activating group) is 1. The van der Waals surface area contributed by atoms with Gasteiger partial charge >= 0.3 is 0 Å². The molecular formula is C34H38N4O8. The van der Waals surface area contributed by atoms with Crippen molar-refractivity contribution in [2.75, 3.05) is 40.3 Å². The largest absolute Gasteiger partial charge is 0.507 e. The van der Waals surface area contributed by atoms with Crippen molar-refractivity contribution in [3.8, 4) is 16.9 Å². The van der Waals surface area contributed by atoms with Crippen LogP contribution in [0.2, 0.25) is 0 Å². The van der Waals surface area contributed by atoms with E-state index in [2.05, 4.69) is 10.2 Å². The van der Waals surface area contributed by atoms with Crippen molar-refractivity contribution in [2.24, 2.45) is 29.4 Å². The van der Waals surface area contributed by atoms with Gasteiger partial charge in [0, 0.05) is 24.6 Å². The van der Waals surface area contributed by atoms with Gasteiger partial charge in [0.1, 0.15) is 5.75 Å². The second kappa shape index (κ2) is 11.8. The van der Waals surface area contributed by atoms with Crippen LogP contribution in [-0.4, -0.2) is 107 Å². The number of hydrogen-bond acceptors (Lipinski definition) is 10. The average Bonchev–Trinajstić information content (AvgIpc) is 3.52. The number of amides is 2. The number of hydrogen-bond donors (Lipinski definition) is 4. The number of rotatable bonds is 7. The van der Waals surface area contributed by atoms with Crippen LogP contribution in [0.15, 0.2) is 36.4 Å². The molecule has 2 saturated carbocycles. The first-order valence-corrected chi connectivity index (χ1v) is 15.7. The van der Waals surface area contributed by atoms with E-state index in [9.17, 15) is 39.0 Å². The van der Waals surface area contributed by atoms with Gasteiger partial charge in [-0.1, -0.05) is 18.2 Å². The number of likely N-dealkylation sites (tertiary alicyclic amines) is 1. The van der Waals surface area contributed by atoms with Crippen molar-refractivity contribution < 1.29 is 39.0 Å². The maximum Gasteiger partial charge on any atom is 0.251 e. The summed E-state index contributed by atoms with van der Waals surface area (Å²) in [5.41, 5.74) is 4.63. The summed E-state index contributed by atoms with van der Waals surface area (Å²) in [5, 5.41) is 25.6. The highest BCUT2D eigenvalue weighted by Gasteiger charge is 2.69. The van der Waals surface area contributed by atoms with Gasteiger partial charge in [0.2, 0.25) is 5.91 Å². The minimum absolute atomic E-state index is 0.0432. The van der Waals surface area contributed by atoms with Crippen LogP contribution in [0.1, 0.15) is 45.5 Å². The van der Waals surface area contributed by atoms with Gasteiger partial charge in [0.25, 0.3) is 5.91 Å². The predicted octanol–water partition coefficient (Wildman–Crippen LogP) is 0.360. The van der Waals surface area contributed by atoms with Crippen molar-refractivity contribution in [3.05, 3.63) is 53.1 Å². The average molecular weight is 631 g/mol. The number of ketones is 4. The fourth-order valence-electron chi connectivity index (χ4n) is 8.14. The monoisotopic (exact) mass is 630 g/mol. The molecular weight excluding hydrogens is 592 g/mol. The van der Waals surface area contributed by atoms with Crippen LogP contribution in [0.3, 0.4) is 0 Å². The molecule has 5 N–H and O–H groups in total. The molecule has 0 bridgehead atoms. The molecule has 6 atom stereocenters. The molecule has 4 aliphatic rings. The number of carbonyl (C=O) groups is 6. The van der Waals surface area contributed by atoms with Crippen molar-refractivity contribution in [1.82, 2.24) is 15.1 Å². The number of phenolic OH excluding ortho intramolecular Hbond substituents is 1. The van der Waals surface area contributed by atoms with E-state index >= 15 is 0 Å². The number of primary amides is 1. The minimum atomic E-state index is -2.78. The molecule has 12 heteroatoms. The summed E-state index contributed by atoms with van der Waals surface area (Å²) in [6.45, 7) is 3.33. The molecule has 2 amide bonds. The van der Waals surface area contributed by atoms with Crippen LogP contribution < -0.4 is 11.1 Å². The van der Waals surface area contributed by atoms with Crippen LogP contribution in [0.25, 0.3) is 11.1 Å². The lowest BCUT2D eigenvalue weighted by Gasteiger charge is -2.52. The number of aliphatic hydroxyl groups is 1. The number of Topliss-reactive ketones (excluding diaryl/α,β-unsaturated/α-hetero) is 4. The molecule has 242 valence electrons. The first-order chi connectivity index (χ1) is 21.9. The summed E-state index contributed by atoms with van der Waals surface area (Å²) < 4.78 is 0. The number of phenols is 1. The fraction of sp³-hybridized carbons (Fsp3) is 0.471. The molecule has 6 rings (SSSR count). The number of nitrogens with zero attached hydrogens (tertiary/aromatic N) is 2. The zero-order chi connectivity index (χ0) is 33.1. The fourth-order valence-corrected chi connectivity index (χ4v) is 8.14. The van der Waals surface area contributed by atoms with Gasteiger partial charge in [-0.3, -0.25) is 33.7 Å². The number of benzene rings is 2. The lowest BCUT2D eigenvalue weighted by atomic mass is 9.52. The Morgan fingerprint density at radius 2 is 1.78 bits per heavy atom. The van der Waals surface area contributed by atoms with E-state index in [1.165, 1.54) is 11.0 Å². The lowest BCUT2D eigenvalue weighted by Crippen LogP contribution is -2.74. The summed E-state index contributed by atoms with van der Waals surface area (Å²) >= 11 is 0. The van der Waals surface area contributed by atoms with Gasteiger partial charge in [-0.2, -0.15) is 0 Å². The van der Waals surface area contributed by atoms with E-state index in [-0.39, 0.29) is 30.1 Å². The molecule has 0 radical (unpaired) electrons. The van der Waals surface area contributed by atoms with Crippen LogP contribution in [-0.2, 0) is 25.6 Å². The number of nitrogens with one attached hydrogen (secondary N) is 1. The second-order valence-electron chi connectivity index (χ2n) is 13.2. The number of aromatic hydroxyl groups is 1. The van der Waals surface area contributed by atoms with Crippen molar-refractivity contribution in [1.29, 1.82) is 0 Å². The minimum Gasteiger partial charge on any atom is -0.507 e. The van der Waals surface area contributed by atoms with E-state index in [0.29, 0.717) is 28.8 Å². The van der Waals surface area contributed by atoms with Crippen LogP contribution in [0.5, 0.6) is 5.75 Å². The Balaban J connectivity index is 1.34. The van der Waals surface area contributed by atoms with E-state index in [1.54, 1.807) is 44.4 Å². The lowest BCUT2D eigenvalue weighted by molar-refractivity contribution is -0.181. The van der Waals surface area contributed by atoms with Gasteiger partial charge in [-0.15, -0.1) is 0 Å². The van der Waals surface area contributed by atoms with Crippen molar-refractivity contribution >= 4 is 34.9 Å². The third-order valence-corrected chi connectivity index (χ3v) is 10.3. The highest BCUT2D eigenvalue weighted by atomic mass is 16.3. The summed E-state index contributed by atoms with van der Waals surface area (Å²) in [4.78, 5) is 83.8. The van der Waals surface area contributed by atoms with Crippen LogP contribution in [0.4, 0.5) is 0 Å². The Labute approximate surface area is 265 Å². The Morgan fingerprint density at radius 3 is 2.46 bits per heavy atom. The zero-order valence-electron chi connectivity index (χ0n) is 25.8. The van der Waals surface area contributed by atoms with Crippen LogP contribution in [0, 0.1) is 23.7 Å². The van der Waals surface area contributed by atoms with Gasteiger partial charge in [0.05, 0.1) is 17.5 Å². The summed E-state index contributed by atoms with van der Waals surface area (Å²) in [6, 6.07) is 8.75. The molecule has 12 nitrogen and oxygen atoms in total.